The second-order valence-electron chi connectivity index (χ2n) is 21.4. The van der Waals surface area contributed by atoms with Crippen molar-refractivity contribution < 1.29 is 32.5 Å². The Morgan fingerprint density at radius 2 is 1.11 bits per heavy atom. The van der Waals surface area contributed by atoms with Crippen molar-refractivity contribution in [2.24, 2.45) is 0 Å². The number of fused-ring (bicyclic) bond motifs is 3. The number of thiophene rings is 2. The molecule has 0 N–H and O–H groups in total. The van der Waals surface area contributed by atoms with E-state index in [0.717, 1.165) is 60.8 Å². The number of aromatic nitrogens is 8. The van der Waals surface area contributed by atoms with Gasteiger partial charge in [-0.3, -0.25) is 18.7 Å². The summed E-state index contributed by atoms with van der Waals surface area (Å²) in [5, 5.41) is 0.889. The summed E-state index contributed by atoms with van der Waals surface area (Å²) in [6.45, 7) is 9.17. The molecule has 11 aromatic rings. The largest absolute Gasteiger partial charge is 0.496 e. The van der Waals surface area contributed by atoms with E-state index < -0.39 is 29.1 Å². The molecule has 2 unspecified atom stereocenters. The molecular formula is C64H64N8O11S2. The van der Waals surface area contributed by atoms with Crippen LogP contribution in [0.2, 0.25) is 0 Å². The molecule has 85 heavy (non-hydrogen) atoms. The first kappa shape index (κ1) is 57.0. The minimum Gasteiger partial charge on any atom is -0.496 e. The van der Waals surface area contributed by atoms with Gasteiger partial charge in [-0.05, 0) is 100 Å². The van der Waals surface area contributed by atoms with E-state index in [1.54, 1.807) is 60.3 Å². The lowest BCUT2D eigenvalue weighted by atomic mass is 9.97. The molecule has 0 bridgehead atoms. The highest BCUT2D eigenvalue weighted by Gasteiger charge is 2.32. The highest BCUT2D eigenvalue weighted by Crippen LogP contribution is 2.40. The lowest BCUT2D eigenvalue weighted by molar-refractivity contribution is -0.0752. The van der Waals surface area contributed by atoms with Crippen molar-refractivity contribution in [3.8, 4) is 44.4 Å². The summed E-state index contributed by atoms with van der Waals surface area (Å²) >= 11 is 2.65. The number of hydrogen-bond donors (Lipinski definition) is 0. The van der Waals surface area contributed by atoms with E-state index in [2.05, 4.69) is 15.0 Å². The van der Waals surface area contributed by atoms with Crippen LogP contribution in [0.4, 0.5) is 0 Å². The molecule has 21 heteroatoms. The number of methoxy groups -OCH3 is 2. The Kier molecular flexibility index (Phi) is 16.5. The number of pyridine rings is 1. The van der Waals surface area contributed by atoms with Gasteiger partial charge >= 0.3 is 11.4 Å². The molecule has 9 heterocycles. The SMILES string of the molecule is COc1ccccc1C(Cn1c(=O)n(-c2c(C)ccn3ccnc23)c(=O)c2c(C)c(-c3ncco3)sc21)OC1CCCCC1.COc1ccccc1C(Cn1c(=O)n(-c2ccc(C)cc2)c(=O)c2c(C)c(-c3ncco3)sc21)OC1CCOCC1. The summed E-state index contributed by atoms with van der Waals surface area (Å²) < 4.78 is 49.4. The van der Waals surface area contributed by atoms with Crippen LogP contribution in [0.5, 0.6) is 11.5 Å². The normalized spacial score (nSPS) is 14.9. The van der Waals surface area contributed by atoms with Gasteiger partial charge in [0.15, 0.2) is 5.65 Å². The van der Waals surface area contributed by atoms with Crippen LogP contribution in [0.1, 0.15) is 90.5 Å². The van der Waals surface area contributed by atoms with Crippen LogP contribution in [0.3, 0.4) is 0 Å². The summed E-state index contributed by atoms with van der Waals surface area (Å²) in [5.74, 6) is 2.17. The molecule has 1 aliphatic carbocycles. The number of rotatable bonds is 16. The molecule has 2 fully saturated rings. The van der Waals surface area contributed by atoms with Gasteiger partial charge in [-0.15, -0.1) is 22.7 Å². The number of aryl methyl sites for hydroxylation is 4. The Balaban J connectivity index is 0.000000167. The third kappa shape index (κ3) is 11.0. The number of hydrogen-bond acceptors (Lipinski definition) is 16. The molecule has 3 aromatic carbocycles. The average Bonchev–Trinajstić information content (AvgIpc) is 1.91. The van der Waals surface area contributed by atoms with Crippen molar-refractivity contribution in [1.29, 1.82) is 0 Å². The van der Waals surface area contributed by atoms with Gasteiger partial charge < -0.3 is 36.9 Å². The third-order valence-corrected chi connectivity index (χ3v) is 18.6. The van der Waals surface area contributed by atoms with Crippen molar-refractivity contribution >= 4 is 48.8 Å². The van der Waals surface area contributed by atoms with Crippen molar-refractivity contribution in [3.63, 3.8) is 0 Å². The molecule has 1 aliphatic heterocycles. The first-order valence-electron chi connectivity index (χ1n) is 28.4. The summed E-state index contributed by atoms with van der Waals surface area (Å²) in [6, 6.07) is 24.7. The molecule has 1 saturated heterocycles. The second kappa shape index (κ2) is 24.6. The van der Waals surface area contributed by atoms with Crippen LogP contribution >= 0.6 is 22.7 Å². The fraction of sp³-hybridized carbons (Fsp3) is 0.328. The lowest BCUT2D eigenvalue weighted by Crippen LogP contribution is -2.40. The number of nitrogens with zero attached hydrogens (tertiary/aromatic N) is 8. The molecule has 438 valence electrons. The Hall–Kier alpha value is -8.47. The van der Waals surface area contributed by atoms with Gasteiger partial charge in [-0.25, -0.2) is 33.7 Å². The minimum absolute atomic E-state index is 0.0409. The van der Waals surface area contributed by atoms with Gasteiger partial charge in [-0.1, -0.05) is 73.4 Å². The number of imidazole rings is 1. The topological polar surface area (TPSA) is 204 Å². The summed E-state index contributed by atoms with van der Waals surface area (Å²) in [5.41, 5.74) is 4.67. The highest BCUT2D eigenvalue weighted by molar-refractivity contribution is 7.22. The van der Waals surface area contributed by atoms with Gasteiger partial charge in [0.1, 0.15) is 51.6 Å². The maximum Gasteiger partial charge on any atom is 0.336 e. The predicted octanol–water partition coefficient (Wildman–Crippen LogP) is 11.7. The molecule has 13 rings (SSSR count). The first-order valence-corrected chi connectivity index (χ1v) is 30.1. The smallest absolute Gasteiger partial charge is 0.336 e. The molecule has 2 aliphatic rings. The monoisotopic (exact) mass is 1180 g/mol. The molecule has 19 nitrogen and oxygen atoms in total. The van der Waals surface area contributed by atoms with E-state index >= 15 is 0 Å². The van der Waals surface area contributed by atoms with Crippen LogP contribution in [-0.2, 0) is 27.3 Å². The Bertz CT molecular complexity index is 4430. The van der Waals surface area contributed by atoms with E-state index in [1.165, 1.54) is 50.8 Å². The zero-order valence-corrected chi connectivity index (χ0v) is 49.7. The summed E-state index contributed by atoms with van der Waals surface area (Å²) in [6.07, 6.45) is 17.3. The van der Waals surface area contributed by atoms with E-state index in [4.69, 9.17) is 32.5 Å². The van der Waals surface area contributed by atoms with E-state index in [1.807, 2.05) is 105 Å². The fourth-order valence-corrected chi connectivity index (χ4v) is 14.1. The Labute approximate surface area is 495 Å². The number of ether oxygens (including phenoxy) is 5. The molecule has 8 aromatic heterocycles. The van der Waals surface area contributed by atoms with Gasteiger partial charge in [0.25, 0.3) is 11.1 Å². The van der Waals surface area contributed by atoms with Crippen LogP contribution in [0.15, 0.2) is 150 Å². The molecule has 2 atom stereocenters. The maximum atomic E-state index is 14.7. The maximum absolute atomic E-state index is 14.7. The lowest BCUT2D eigenvalue weighted by Gasteiger charge is -2.29. The van der Waals surface area contributed by atoms with Crippen molar-refractivity contribution in [3.05, 3.63) is 197 Å². The predicted molar refractivity (Wildman–Crippen MR) is 326 cm³/mol. The van der Waals surface area contributed by atoms with Gasteiger partial charge in [0.05, 0.1) is 78.1 Å². The molecule has 1 saturated carbocycles. The van der Waals surface area contributed by atoms with Gasteiger partial charge in [-0.2, -0.15) is 0 Å². The molecule has 0 spiro atoms. The van der Waals surface area contributed by atoms with Crippen molar-refractivity contribution in [2.45, 2.75) is 110 Å². The van der Waals surface area contributed by atoms with Gasteiger partial charge in [0.2, 0.25) is 11.8 Å². The van der Waals surface area contributed by atoms with E-state index in [9.17, 15) is 19.2 Å². The van der Waals surface area contributed by atoms with Crippen LogP contribution in [-0.4, -0.2) is 77.3 Å². The first-order chi connectivity index (χ1) is 41.4. The minimum atomic E-state index is -0.522. The quantitative estimate of drug-likeness (QED) is 0.0883. The zero-order valence-electron chi connectivity index (χ0n) is 48.0. The Morgan fingerprint density at radius 3 is 1.64 bits per heavy atom. The standard InChI is InChI=1S/C33H33N5O5S.C31H31N3O6S/c1-20-13-16-36-17-14-34-29(36)27(20)38-31(39)26-21(2)28(30-35-15-18-42-30)44-32(26)37(33(38)40)19-25(43-22-9-5-4-6-10-22)23-11-7-8-12-24(23)41-3;1-19-8-10-21(11-9-19)34-29(35)26-20(2)27(28-32-14-17-39-28)41-30(26)33(31(34)36)18-25(40-22-12-15-38-16-13-22)23-6-4-5-7-24(23)37-3/h7-8,11-18,22,25H,4-6,9-10,19H2,1-3H3;4-11,14,17,22,25H,12-13,15-16,18H2,1-3H3. The van der Waals surface area contributed by atoms with E-state index in [-0.39, 0.29) is 30.9 Å². The van der Waals surface area contributed by atoms with Gasteiger partial charge in [0, 0.05) is 42.9 Å². The second-order valence-corrected chi connectivity index (χ2v) is 23.4. The van der Waals surface area contributed by atoms with Crippen molar-refractivity contribution in [1.82, 2.24) is 37.6 Å². The fourth-order valence-electron chi connectivity index (χ4n) is 11.7. The van der Waals surface area contributed by atoms with Crippen LogP contribution in [0.25, 0.3) is 59.0 Å². The van der Waals surface area contributed by atoms with Crippen molar-refractivity contribution in [2.75, 3.05) is 27.4 Å². The average molecular weight is 1190 g/mol. The van der Waals surface area contributed by atoms with E-state index in [0.29, 0.717) is 94.8 Å². The number of para-hydroxylation sites is 2. The Morgan fingerprint density at radius 1 is 0.588 bits per heavy atom. The third-order valence-electron chi connectivity index (χ3n) is 16.0. The zero-order chi connectivity index (χ0) is 58.9. The summed E-state index contributed by atoms with van der Waals surface area (Å²) in [7, 11) is 3.26. The molecular weight excluding hydrogens is 1120 g/mol. The number of oxazole rings is 2. The summed E-state index contributed by atoms with van der Waals surface area (Å²) in [4.78, 5) is 73.1. The van der Waals surface area contributed by atoms with Crippen LogP contribution < -0.4 is 32.0 Å². The molecule has 0 radical (unpaired) electrons. The molecule has 0 amide bonds. The highest BCUT2D eigenvalue weighted by atomic mass is 32.1. The number of benzene rings is 3. The van der Waals surface area contributed by atoms with Crippen LogP contribution in [0, 0.1) is 27.7 Å².